The normalized spacial score (nSPS) is 12.2. The Labute approximate surface area is 142 Å². The summed E-state index contributed by atoms with van der Waals surface area (Å²) in [7, 11) is 1.67. The third kappa shape index (κ3) is 3.35. The molecule has 7 heteroatoms. The number of fused-ring (bicyclic) bond motifs is 1. The van der Waals surface area contributed by atoms with Crippen molar-refractivity contribution in [3.05, 3.63) is 52.9 Å². The Balaban J connectivity index is 1.77. The number of carbonyl (C=O) groups is 1. The number of carbonyl (C=O) groups excluding carboxylic acids is 1. The molecule has 124 valence electrons. The topological polar surface area (TPSA) is 79.0 Å². The summed E-state index contributed by atoms with van der Waals surface area (Å²) in [5.74, 6) is -0.140. The lowest BCUT2D eigenvalue weighted by Crippen LogP contribution is -2.35. The smallest absolute Gasteiger partial charge is 0.325 e. The molecule has 3 rings (SSSR count). The lowest BCUT2D eigenvalue weighted by molar-refractivity contribution is -0.772. The fraction of sp³-hybridized carbons (Fsp3) is 0.235. The molecular formula is C17H18N3O3S+. The Morgan fingerprint density at radius 1 is 1.29 bits per heavy atom. The van der Waals surface area contributed by atoms with Crippen LogP contribution in [0.1, 0.15) is 13.3 Å². The molecule has 0 aliphatic carbocycles. The van der Waals surface area contributed by atoms with Crippen LogP contribution in [0.25, 0.3) is 10.8 Å². The molecule has 1 aromatic heterocycles. The Kier molecular flexibility index (Phi) is 4.71. The zero-order valence-corrected chi connectivity index (χ0v) is 14.2. The van der Waals surface area contributed by atoms with Gasteiger partial charge in [0.25, 0.3) is 0 Å². The number of thioether (sulfide) groups is 1. The van der Waals surface area contributed by atoms with Crippen LogP contribution in [0.2, 0.25) is 0 Å². The second-order valence-electron chi connectivity index (χ2n) is 5.41. The summed E-state index contributed by atoms with van der Waals surface area (Å²) in [4.78, 5) is 24.2. The SMILES string of the molecule is CCC(Sc1c(=O)o[nH][n+]1C)C(=O)Nc1ccc2ccccc2c1. The molecule has 2 N–H and O–H groups in total. The monoisotopic (exact) mass is 344 g/mol. The molecule has 0 fully saturated rings. The van der Waals surface area contributed by atoms with E-state index in [0.717, 1.165) is 16.5 Å². The number of nitrogens with one attached hydrogen (secondary N) is 2. The van der Waals surface area contributed by atoms with Crippen LogP contribution in [0, 0.1) is 0 Å². The van der Waals surface area contributed by atoms with E-state index in [4.69, 9.17) is 4.52 Å². The average molecular weight is 344 g/mol. The van der Waals surface area contributed by atoms with E-state index in [2.05, 4.69) is 10.6 Å². The first-order chi connectivity index (χ1) is 11.6. The highest BCUT2D eigenvalue weighted by Gasteiger charge is 2.27. The van der Waals surface area contributed by atoms with Gasteiger partial charge in [-0.25, -0.2) is 4.79 Å². The summed E-state index contributed by atoms with van der Waals surface area (Å²) >= 11 is 1.19. The maximum Gasteiger partial charge on any atom is 0.441 e. The number of hydrogen-bond acceptors (Lipinski definition) is 4. The molecule has 3 aromatic rings. The van der Waals surface area contributed by atoms with Crippen molar-refractivity contribution >= 4 is 34.1 Å². The number of benzene rings is 2. The Morgan fingerprint density at radius 3 is 2.71 bits per heavy atom. The number of H-pyrrole nitrogens is 1. The van der Waals surface area contributed by atoms with Crippen molar-refractivity contribution in [2.75, 3.05) is 5.32 Å². The first-order valence-electron chi connectivity index (χ1n) is 7.62. The quantitative estimate of drug-likeness (QED) is 0.550. The van der Waals surface area contributed by atoms with E-state index in [1.807, 2.05) is 49.4 Å². The lowest BCUT2D eigenvalue weighted by atomic mass is 10.1. The molecule has 0 spiro atoms. The third-order valence-corrected chi connectivity index (χ3v) is 5.18. The van der Waals surface area contributed by atoms with Gasteiger partial charge in [-0.2, -0.15) is 0 Å². The molecule has 0 saturated carbocycles. The van der Waals surface area contributed by atoms with Gasteiger partial charge in [-0.3, -0.25) is 9.32 Å². The van der Waals surface area contributed by atoms with Crippen molar-refractivity contribution in [2.24, 2.45) is 7.05 Å². The third-order valence-electron chi connectivity index (χ3n) is 3.69. The molecule has 1 heterocycles. The van der Waals surface area contributed by atoms with Gasteiger partial charge in [0.1, 0.15) is 0 Å². The minimum Gasteiger partial charge on any atom is -0.325 e. The van der Waals surface area contributed by atoms with Crippen molar-refractivity contribution in [1.29, 1.82) is 0 Å². The van der Waals surface area contributed by atoms with Crippen molar-refractivity contribution in [3.63, 3.8) is 0 Å². The van der Waals surface area contributed by atoms with Gasteiger partial charge < -0.3 is 5.32 Å². The van der Waals surface area contributed by atoms with Gasteiger partial charge in [0.2, 0.25) is 5.91 Å². The molecule has 0 aliphatic heterocycles. The van der Waals surface area contributed by atoms with Crippen LogP contribution in [-0.2, 0) is 11.8 Å². The van der Waals surface area contributed by atoms with Crippen molar-refractivity contribution in [1.82, 2.24) is 5.27 Å². The molecule has 6 nitrogen and oxygen atoms in total. The van der Waals surface area contributed by atoms with Crippen LogP contribution in [0.4, 0.5) is 5.69 Å². The molecule has 1 unspecified atom stereocenters. The van der Waals surface area contributed by atoms with Crippen LogP contribution in [0.3, 0.4) is 0 Å². The maximum atomic E-state index is 12.5. The van der Waals surface area contributed by atoms with Gasteiger partial charge in [-0.05, 0) is 46.4 Å². The molecule has 0 aliphatic rings. The predicted octanol–water partition coefficient (Wildman–Crippen LogP) is 2.46. The Hall–Kier alpha value is -2.54. The molecule has 0 radical (unpaired) electrons. The number of hydrogen-bond donors (Lipinski definition) is 2. The zero-order chi connectivity index (χ0) is 17.1. The molecule has 0 bridgehead atoms. The molecule has 0 saturated heterocycles. The summed E-state index contributed by atoms with van der Waals surface area (Å²) < 4.78 is 6.19. The van der Waals surface area contributed by atoms with E-state index in [1.54, 1.807) is 7.05 Å². The minimum atomic E-state index is -0.473. The standard InChI is InChI=1S/C17H17N3O3S/c1-3-14(24-16-17(22)23-19-20(16)2)15(21)18-13-9-8-11-6-4-5-7-12(11)10-13/h4-10,14H,3H2,1-2H3,(H-,18,19,21,22)/p+1. The molecule has 2 aromatic carbocycles. The summed E-state index contributed by atoms with van der Waals surface area (Å²) in [6.45, 7) is 1.91. The Bertz CT molecular complexity index is 932. The van der Waals surface area contributed by atoms with Crippen LogP contribution < -0.4 is 15.6 Å². The van der Waals surface area contributed by atoms with Gasteiger partial charge >= 0.3 is 10.7 Å². The number of aromatic amines is 1. The summed E-state index contributed by atoms with van der Waals surface area (Å²) in [5, 5.41) is 7.54. The van der Waals surface area contributed by atoms with E-state index < -0.39 is 5.63 Å². The number of rotatable bonds is 5. The number of amides is 1. The second-order valence-corrected chi connectivity index (χ2v) is 6.60. The Morgan fingerprint density at radius 2 is 2.04 bits per heavy atom. The van der Waals surface area contributed by atoms with Gasteiger partial charge in [-0.1, -0.05) is 41.9 Å². The average Bonchev–Trinajstić information content (AvgIpc) is 2.90. The van der Waals surface area contributed by atoms with Crippen LogP contribution in [0.5, 0.6) is 0 Å². The van der Waals surface area contributed by atoms with Crippen LogP contribution >= 0.6 is 11.8 Å². The number of aryl methyl sites for hydroxylation is 1. The van der Waals surface area contributed by atoms with Gasteiger partial charge in [0, 0.05) is 5.69 Å². The van der Waals surface area contributed by atoms with Crippen LogP contribution in [0.15, 0.2) is 56.8 Å². The summed E-state index contributed by atoms with van der Waals surface area (Å²) in [5.41, 5.74) is 0.266. The van der Waals surface area contributed by atoms with Crippen molar-refractivity contribution in [2.45, 2.75) is 23.6 Å². The number of nitrogens with zero attached hydrogens (tertiary/aromatic N) is 1. The predicted molar refractivity (Wildman–Crippen MR) is 93.0 cm³/mol. The molecule has 1 atom stereocenters. The molecular weight excluding hydrogens is 326 g/mol. The minimum absolute atomic E-state index is 0.140. The van der Waals surface area contributed by atoms with Gasteiger partial charge in [0.05, 0.1) is 5.25 Å². The fourth-order valence-electron chi connectivity index (χ4n) is 2.41. The highest BCUT2D eigenvalue weighted by Crippen LogP contribution is 2.23. The van der Waals surface area contributed by atoms with Crippen molar-refractivity contribution < 1.29 is 14.0 Å². The first kappa shape index (κ1) is 16.3. The second kappa shape index (κ2) is 6.92. The summed E-state index contributed by atoms with van der Waals surface area (Å²) in [6.07, 6.45) is 0.592. The lowest BCUT2D eigenvalue weighted by Gasteiger charge is -2.12. The van der Waals surface area contributed by atoms with E-state index >= 15 is 0 Å². The van der Waals surface area contributed by atoms with Gasteiger partial charge in [0.15, 0.2) is 7.05 Å². The molecule has 1 amide bonds. The highest BCUT2D eigenvalue weighted by atomic mass is 32.2. The largest absolute Gasteiger partial charge is 0.441 e. The first-order valence-corrected chi connectivity index (χ1v) is 8.50. The van der Waals surface area contributed by atoms with Crippen molar-refractivity contribution in [3.8, 4) is 0 Å². The van der Waals surface area contributed by atoms with Crippen LogP contribution in [-0.4, -0.2) is 16.4 Å². The van der Waals surface area contributed by atoms with E-state index in [0.29, 0.717) is 11.4 Å². The molecule has 24 heavy (non-hydrogen) atoms. The number of aromatic nitrogens is 2. The van der Waals surface area contributed by atoms with E-state index in [-0.39, 0.29) is 11.2 Å². The summed E-state index contributed by atoms with van der Waals surface area (Å²) in [6, 6.07) is 13.8. The number of anilines is 1. The maximum absolute atomic E-state index is 12.5. The van der Waals surface area contributed by atoms with E-state index in [1.165, 1.54) is 16.4 Å². The fourth-order valence-corrected chi connectivity index (χ4v) is 3.34. The highest BCUT2D eigenvalue weighted by molar-refractivity contribution is 8.00. The van der Waals surface area contributed by atoms with E-state index in [9.17, 15) is 9.59 Å². The zero-order valence-electron chi connectivity index (χ0n) is 13.4. The van der Waals surface area contributed by atoms with Gasteiger partial charge in [-0.15, -0.1) is 0 Å².